The first kappa shape index (κ1) is 14.2. The lowest BCUT2D eigenvalue weighted by Crippen LogP contribution is -2.03. The molecule has 2 rings (SSSR count). The molecule has 2 nitrogen and oxygen atoms in total. The normalized spacial score (nSPS) is 11.3. The molecule has 0 bridgehead atoms. The van der Waals surface area contributed by atoms with Crippen LogP contribution in [0.2, 0.25) is 0 Å². The van der Waals surface area contributed by atoms with Crippen LogP contribution in [0.3, 0.4) is 0 Å². The molecule has 1 N–H and O–H groups in total. The van der Waals surface area contributed by atoms with Crippen molar-refractivity contribution in [2.24, 2.45) is 0 Å². The summed E-state index contributed by atoms with van der Waals surface area (Å²) in [4.78, 5) is 4.07. The molecule has 0 saturated carbocycles. The van der Waals surface area contributed by atoms with Crippen LogP contribution in [0.25, 0.3) is 10.9 Å². The average Bonchev–Trinajstić information content (AvgIpc) is 2.40. The Kier molecular flexibility index (Phi) is 4.34. The minimum Gasteiger partial charge on any atom is -0.384 e. The van der Waals surface area contributed by atoms with Crippen LogP contribution in [-0.4, -0.2) is 11.5 Å². The van der Waals surface area contributed by atoms with Crippen molar-refractivity contribution in [2.75, 3.05) is 11.9 Å². The van der Waals surface area contributed by atoms with Crippen LogP contribution in [0.4, 0.5) is 14.5 Å². The highest BCUT2D eigenvalue weighted by Gasteiger charge is 2.15. The number of halogens is 3. The van der Waals surface area contributed by atoms with Gasteiger partial charge in [0.15, 0.2) is 0 Å². The molecule has 19 heavy (non-hydrogen) atoms. The van der Waals surface area contributed by atoms with Crippen LogP contribution in [0.1, 0.15) is 31.0 Å². The lowest BCUT2D eigenvalue weighted by atomic mass is 10.1. The standard InChI is InChI=1S/C14H15BrF2N2/c1-3-6-18-10-7-11(14(16)17)19-13-9(10)5-4-8(2)12(13)15/h4-5,7,14H,3,6H2,1-2H3,(H,18,19). The Hall–Kier alpha value is -1.23. The fourth-order valence-electron chi connectivity index (χ4n) is 1.90. The Labute approximate surface area is 119 Å². The molecule has 0 atom stereocenters. The van der Waals surface area contributed by atoms with Gasteiger partial charge in [0.05, 0.1) is 5.52 Å². The molecule has 0 fully saturated rings. The highest BCUT2D eigenvalue weighted by atomic mass is 79.9. The molecular weight excluding hydrogens is 314 g/mol. The summed E-state index contributed by atoms with van der Waals surface area (Å²) >= 11 is 3.43. The van der Waals surface area contributed by atoms with E-state index in [1.54, 1.807) is 0 Å². The second kappa shape index (κ2) is 5.82. The maximum Gasteiger partial charge on any atom is 0.280 e. The Morgan fingerprint density at radius 1 is 1.37 bits per heavy atom. The molecule has 0 aliphatic heterocycles. The molecule has 0 aliphatic carbocycles. The molecule has 102 valence electrons. The average molecular weight is 329 g/mol. The predicted molar refractivity (Wildman–Crippen MR) is 77.9 cm³/mol. The number of hydrogen-bond donors (Lipinski definition) is 1. The summed E-state index contributed by atoms with van der Waals surface area (Å²) in [6.07, 6.45) is -1.64. The number of nitrogens with one attached hydrogen (secondary N) is 1. The summed E-state index contributed by atoms with van der Waals surface area (Å²) < 4.78 is 26.6. The zero-order valence-electron chi connectivity index (χ0n) is 10.8. The minimum atomic E-state index is -2.57. The van der Waals surface area contributed by atoms with Gasteiger partial charge in [-0.15, -0.1) is 0 Å². The third-order valence-electron chi connectivity index (χ3n) is 2.92. The van der Waals surface area contributed by atoms with Crippen molar-refractivity contribution in [3.05, 3.63) is 33.9 Å². The molecule has 2 aromatic rings. The van der Waals surface area contributed by atoms with Crippen LogP contribution >= 0.6 is 15.9 Å². The lowest BCUT2D eigenvalue weighted by Gasteiger charge is -2.13. The monoisotopic (exact) mass is 328 g/mol. The number of rotatable bonds is 4. The zero-order valence-corrected chi connectivity index (χ0v) is 12.4. The number of pyridine rings is 1. The van der Waals surface area contributed by atoms with E-state index in [4.69, 9.17) is 0 Å². The molecule has 0 aliphatic rings. The van der Waals surface area contributed by atoms with Crippen LogP contribution in [-0.2, 0) is 0 Å². The number of nitrogens with zero attached hydrogens (tertiary/aromatic N) is 1. The van der Waals surface area contributed by atoms with E-state index < -0.39 is 6.43 Å². The summed E-state index contributed by atoms with van der Waals surface area (Å²) in [5.74, 6) is 0. The van der Waals surface area contributed by atoms with E-state index >= 15 is 0 Å². The quantitative estimate of drug-likeness (QED) is 0.847. The fourth-order valence-corrected chi connectivity index (χ4v) is 2.33. The van der Waals surface area contributed by atoms with Gasteiger partial charge in [-0.2, -0.15) is 0 Å². The Morgan fingerprint density at radius 2 is 2.11 bits per heavy atom. The first-order valence-electron chi connectivity index (χ1n) is 6.16. The summed E-state index contributed by atoms with van der Waals surface area (Å²) in [5.41, 5.74) is 2.07. The molecule has 0 saturated heterocycles. The first-order valence-corrected chi connectivity index (χ1v) is 6.95. The molecule has 1 aromatic heterocycles. The van der Waals surface area contributed by atoms with Gasteiger partial charge in [0, 0.05) is 22.1 Å². The van der Waals surface area contributed by atoms with Gasteiger partial charge in [-0.3, -0.25) is 0 Å². The van der Waals surface area contributed by atoms with Gasteiger partial charge in [0.25, 0.3) is 6.43 Å². The van der Waals surface area contributed by atoms with E-state index in [9.17, 15) is 8.78 Å². The number of hydrogen-bond acceptors (Lipinski definition) is 2. The summed E-state index contributed by atoms with van der Waals surface area (Å²) in [6, 6.07) is 5.30. The van der Waals surface area contributed by atoms with E-state index in [-0.39, 0.29) is 5.69 Å². The molecule has 0 unspecified atom stereocenters. The Balaban J connectivity index is 2.67. The van der Waals surface area contributed by atoms with E-state index in [2.05, 4.69) is 26.2 Å². The van der Waals surface area contributed by atoms with Gasteiger partial charge in [0.1, 0.15) is 5.69 Å². The maximum atomic E-state index is 12.9. The van der Waals surface area contributed by atoms with Gasteiger partial charge in [0.2, 0.25) is 0 Å². The Bertz CT molecular complexity index is 600. The second-order valence-corrected chi connectivity index (χ2v) is 5.21. The van der Waals surface area contributed by atoms with Crippen molar-refractivity contribution in [3.8, 4) is 0 Å². The molecule has 1 heterocycles. The highest BCUT2D eigenvalue weighted by molar-refractivity contribution is 9.10. The van der Waals surface area contributed by atoms with Gasteiger partial charge >= 0.3 is 0 Å². The number of fused-ring (bicyclic) bond motifs is 1. The molecule has 0 radical (unpaired) electrons. The van der Waals surface area contributed by atoms with Crippen molar-refractivity contribution >= 4 is 32.5 Å². The topological polar surface area (TPSA) is 24.9 Å². The van der Waals surface area contributed by atoms with E-state index in [0.717, 1.165) is 28.4 Å². The number of aryl methyl sites for hydroxylation is 1. The third kappa shape index (κ3) is 2.86. The van der Waals surface area contributed by atoms with Gasteiger partial charge in [-0.25, -0.2) is 13.8 Å². The third-order valence-corrected chi connectivity index (χ3v) is 3.92. The van der Waals surface area contributed by atoms with Crippen molar-refractivity contribution in [2.45, 2.75) is 26.7 Å². The highest BCUT2D eigenvalue weighted by Crippen LogP contribution is 2.33. The summed E-state index contributed by atoms with van der Waals surface area (Å²) in [7, 11) is 0. The zero-order chi connectivity index (χ0) is 14.0. The lowest BCUT2D eigenvalue weighted by molar-refractivity contribution is 0.146. The van der Waals surface area contributed by atoms with Gasteiger partial charge < -0.3 is 5.32 Å². The van der Waals surface area contributed by atoms with Gasteiger partial charge in [-0.1, -0.05) is 19.1 Å². The minimum absolute atomic E-state index is 0.197. The molecule has 1 aromatic carbocycles. The number of benzene rings is 1. The van der Waals surface area contributed by atoms with Crippen molar-refractivity contribution < 1.29 is 8.78 Å². The van der Waals surface area contributed by atoms with Crippen LogP contribution < -0.4 is 5.32 Å². The van der Waals surface area contributed by atoms with Crippen molar-refractivity contribution in [1.29, 1.82) is 0 Å². The predicted octanol–water partition coefficient (Wildman–Crippen LogP) is 5.07. The van der Waals surface area contributed by atoms with Crippen molar-refractivity contribution in [1.82, 2.24) is 4.98 Å². The Morgan fingerprint density at radius 3 is 2.74 bits per heavy atom. The van der Waals surface area contributed by atoms with Crippen molar-refractivity contribution in [3.63, 3.8) is 0 Å². The molecule has 0 amide bonds. The first-order chi connectivity index (χ1) is 9.04. The molecular formula is C14H15BrF2N2. The summed E-state index contributed by atoms with van der Waals surface area (Å²) in [5, 5.41) is 4.04. The van der Waals surface area contributed by atoms with E-state index in [1.807, 2.05) is 26.0 Å². The van der Waals surface area contributed by atoms with Crippen LogP contribution in [0.5, 0.6) is 0 Å². The molecule has 0 spiro atoms. The number of aromatic nitrogens is 1. The largest absolute Gasteiger partial charge is 0.384 e. The fraction of sp³-hybridized carbons (Fsp3) is 0.357. The van der Waals surface area contributed by atoms with Crippen LogP contribution in [0.15, 0.2) is 22.7 Å². The number of anilines is 1. The summed E-state index contributed by atoms with van der Waals surface area (Å²) in [6.45, 7) is 4.69. The van der Waals surface area contributed by atoms with Gasteiger partial charge in [-0.05, 0) is 40.9 Å². The SMILES string of the molecule is CCCNc1cc(C(F)F)nc2c(Br)c(C)ccc12. The second-order valence-electron chi connectivity index (χ2n) is 4.41. The van der Waals surface area contributed by atoms with Crippen LogP contribution in [0, 0.1) is 6.92 Å². The van der Waals surface area contributed by atoms with E-state index in [1.165, 1.54) is 6.07 Å². The maximum absolute atomic E-state index is 12.9. The van der Waals surface area contributed by atoms with E-state index in [0.29, 0.717) is 11.2 Å². The smallest absolute Gasteiger partial charge is 0.280 e. The molecule has 5 heteroatoms. The number of alkyl halides is 2.